The first-order valence-corrected chi connectivity index (χ1v) is 21.2. The number of benzene rings is 4. The van der Waals surface area contributed by atoms with Gasteiger partial charge in [0.05, 0.1) is 35.7 Å². The van der Waals surface area contributed by atoms with Crippen LogP contribution >= 0.6 is 23.5 Å². The molecule has 0 aromatic heterocycles. The number of anilines is 5. The number of hydrogen-bond acceptors (Lipinski definition) is 18. The average Bonchev–Trinajstić information content (AvgIpc) is 3.01. The summed E-state index contributed by atoms with van der Waals surface area (Å²) in [6.45, 7) is -0.123. The van der Waals surface area contributed by atoms with Gasteiger partial charge in [-0.25, -0.2) is 8.37 Å². The minimum Gasteiger partial charge on any atom is -0.505 e. The third kappa shape index (κ3) is 14.7. The lowest BCUT2D eigenvalue weighted by Gasteiger charge is -2.14. The number of rotatable bonds is 12. The van der Waals surface area contributed by atoms with Crippen molar-refractivity contribution in [3.8, 4) is 5.75 Å². The molecule has 15 N–H and O–H groups in total. The normalized spacial score (nSPS) is 12.0. The number of thioether (sulfide) groups is 2. The van der Waals surface area contributed by atoms with Crippen LogP contribution in [0.15, 0.2) is 80.2 Å². The smallest absolute Gasteiger partial charge is 0.397 e. The van der Waals surface area contributed by atoms with Crippen molar-refractivity contribution in [3.05, 3.63) is 60.7 Å². The molecule has 0 radical (unpaired) electrons. The fraction of sp³-hybridized carbons (Fsp3) is 0.154. The number of hydrogen-bond donors (Lipinski definition) is 10. The minimum absolute atomic E-state index is 0.0616. The standard InChI is InChI=1S/C10H11N3O7S2.2C8H11NO4S2/c11-7-4(21(15,16)17)1-3-2-5(22(18,19)20)8(12)10(14)6(3)9(7)13;2*9-7-1-3-8(4-2-7)14-6-5-13-15(10,11)12/h1-2,14H,11-13H2,(H,15,16,17)(H,18,19,20);2*1-4H,5-6,9H2,(H,10,11,12). The van der Waals surface area contributed by atoms with E-state index in [1.807, 2.05) is 24.3 Å². The molecule has 0 spiro atoms. The minimum atomic E-state index is -4.79. The number of nitrogen functional groups attached to an aromatic ring is 5. The van der Waals surface area contributed by atoms with Gasteiger partial charge in [-0.2, -0.15) is 33.7 Å². The maximum Gasteiger partial charge on any atom is 0.397 e. The van der Waals surface area contributed by atoms with E-state index in [4.69, 9.17) is 46.9 Å². The molecule has 0 bridgehead atoms. The topological polar surface area (TPSA) is 386 Å². The summed E-state index contributed by atoms with van der Waals surface area (Å²) in [5.74, 6) is 0.0733. The van der Waals surface area contributed by atoms with Crippen LogP contribution in [0.5, 0.6) is 5.75 Å². The molecule has 20 nitrogen and oxygen atoms in total. The summed E-state index contributed by atoms with van der Waals surface area (Å²) in [6.07, 6.45) is 0. The van der Waals surface area contributed by atoms with Crippen molar-refractivity contribution < 1.29 is 65.4 Å². The zero-order valence-electron chi connectivity index (χ0n) is 26.3. The van der Waals surface area contributed by atoms with Crippen molar-refractivity contribution in [2.45, 2.75) is 19.6 Å². The van der Waals surface area contributed by atoms with Gasteiger partial charge < -0.3 is 33.8 Å². The second-order valence-corrected chi connectivity index (χ2v) is 17.0. The SMILES string of the molecule is Nc1c(S(=O)(=O)O)cc2cc(S(=O)(=O)O)c(N)c(O)c2c1N.Nc1ccc(SCCOS(=O)(=O)O)cc1.Nc1ccc(SCCOS(=O)(=O)O)cc1. The summed E-state index contributed by atoms with van der Waals surface area (Å²) in [4.78, 5) is 0.303. The lowest BCUT2D eigenvalue weighted by atomic mass is 10.1. The van der Waals surface area contributed by atoms with Gasteiger partial charge in [0.25, 0.3) is 20.2 Å². The van der Waals surface area contributed by atoms with E-state index in [9.17, 15) is 38.8 Å². The summed E-state index contributed by atoms with van der Waals surface area (Å²) in [7, 11) is -18.2. The fourth-order valence-corrected chi connectivity index (χ4v) is 7.29. The molecule has 52 heavy (non-hydrogen) atoms. The van der Waals surface area contributed by atoms with Crippen LogP contribution in [0.3, 0.4) is 0 Å². The highest BCUT2D eigenvalue weighted by Crippen LogP contribution is 2.43. The molecule has 0 unspecified atom stereocenters. The highest BCUT2D eigenvalue weighted by atomic mass is 32.3. The van der Waals surface area contributed by atoms with E-state index in [-0.39, 0.29) is 24.0 Å². The molecule has 0 aliphatic carbocycles. The second kappa shape index (κ2) is 18.3. The van der Waals surface area contributed by atoms with Gasteiger partial charge in [-0.1, -0.05) is 0 Å². The third-order valence-corrected chi connectivity index (χ3v) is 10.6. The second-order valence-electron chi connectivity index (χ2n) is 9.72. The first-order valence-electron chi connectivity index (χ1n) is 13.6. The lowest BCUT2D eigenvalue weighted by Crippen LogP contribution is -2.08. The maximum atomic E-state index is 11.2. The molecule has 0 aliphatic rings. The largest absolute Gasteiger partial charge is 0.505 e. The zero-order chi connectivity index (χ0) is 39.7. The molecule has 4 aromatic rings. The van der Waals surface area contributed by atoms with E-state index in [2.05, 4.69) is 8.37 Å². The molecule has 0 heterocycles. The van der Waals surface area contributed by atoms with Gasteiger partial charge in [0.15, 0.2) is 0 Å². The lowest BCUT2D eigenvalue weighted by molar-refractivity contribution is 0.283. The van der Waals surface area contributed by atoms with Crippen molar-refractivity contribution in [3.63, 3.8) is 0 Å². The van der Waals surface area contributed by atoms with E-state index in [1.54, 1.807) is 24.3 Å². The number of phenols is 1. The van der Waals surface area contributed by atoms with Crippen LogP contribution in [0.1, 0.15) is 0 Å². The Balaban J connectivity index is 0.000000279. The highest BCUT2D eigenvalue weighted by molar-refractivity contribution is 7.99. The van der Waals surface area contributed by atoms with Crippen molar-refractivity contribution in [2.24, 2.45) is 0 Å². The summed E-state index contributed by atoms with van der Waals surface area (Å²) in [5, 5.41) is 9.53. The Kier molecular flexibility index (Phi) is 15.6. The summed E-state index contributed by atoms with van der Waals surface area (Å²) in [6, 6.07) is 15.9. The molecule has 288 valence electrons. The van der Waals surface area contributed by atoms with Crippen molar-refractivity contribution in [1.29, 1.82) is 0 Å². The van der Waals surface area contributed by atoms with Gasteiger partial charge in [0, 0.05) is 32.7 Å². The van der Waals surface area contributed by atoms with E-state index >= 15 is 0 Å². The van der Waals surface area contributed by atoms with E-state index in [0.29, 0.717) is 22.9 Å². The van der Waals surface area contributed by atoms with Crippen molar-refractivity contribution >= 4 is 104 Å². The number of fused-ring (bicyclic) bond motifs is 1. The summed E-state index contributed by atoms with van der Waals surface area (Å²) in [5.41, 5.74) is 27.2. The van der Waals surface area contributed by atoms with Crippen LogP contribution in [-0.2, 0) is 49.4 Å². The Hall–Kier alpha value is -3.80. The van der Waals surface area contributed by atoms with Crippen LogP contribution in [0, 0.1) is 0 Å². The van der Waals surface area contributed by atoms with Gasteiger partial charge in [0.1, 0.15) is 15.5 Å². The van der Waals surface area contributed by atoms with Gasteiger partial charge in [-0.15, -0.1) is 23.5 Å². The Morgan fingerprint density at radius 2 is 0.885 bits per heavy atom. The van der Waals surface area contributed by atoms with Crippen molar-refractivity contribution in [2.75, 3.05) is 53.4 Å². The molecule has 4 rings (SSSR count). The number of aromatic hydroxyl groups is 1. The molecular weight excluding hydrogens is 815 g/mol. The number of nitrogens with two attached hydrogens (primary N) is 5. The van der Waals surface area contributed by atoms with Gasteiger partial charge in [-0.3, -0.25) is 18.2 Å². The Morgan fingerprint density at radius 1 is 0.538 bits per heavy atom. The van der Waals surface area contributed by atoms with Crippen LogP contribution < -0.4 is 28.7 Å². The number of phenolic OH excluding ortho intramolecular Hbond substituents is 1. The molecular formula is C26H33N5O15S6. The predicted molar refractivity (Wildman–Crippen MR) is 197 cm³/mol. The zero-order valence-corrected chi connectivity index (χ0v) is 31.2. The van der Waals surface area contributed by atoms with Crippen molar-refractivity contribution in [1.82, 2.24) is 0 Å². The highest BCUT2D eigenvalue weighted by Gasteiger charge is 2.25. The average molecular weight is 848 g/mol. The quantitative estimate of drug-likeness (QED) is 0.0321. The summed E-state index contributed by atoms with van der Waals surface area (Å²) < 4.78 is 129. The van der Waals surface area contributed by atoms with Crippen LogP contribution in [-0.4, -0.2) is 81.7 Å². The third-order valence-electron chi connectivity index (χ3n) is 5.93. The maximum absolute atomic E-state index is 11.2. The van der Waals surface area contributed by atoms with Gasteiger partial charge in [0.2, 0.25) is 0 Å². The van der Waals surface area contributed by atoms with E-state index in [1.165, 1.54) is 23.5 Å². The van der Waals surface area contributed by atoms with Crippen LogP contribution in [0.2, 0.25) is 0 Å². The molecule has 0 atom stereocenters. The molecule has 4 aromatic carbocycles. The van der Waals surface area contributed by atoms with Crippen LogP contribution in [0.25, 0.3) is 10.8 Å². The van der Waals surface area contributed by atoms with Gasteiger partial charge >= 0.3 is 20.8 Å². The monoisotopic (exact) mass is 847 g/mol. The predicted octanol–water partition coefficient (Wildman–Crippen LogP) is 2.15. The molecule has 0 aliphatic heterocycles. The Morgan fingerprint density at radius 3 is 1.21 bits per heavy atom. The van der Waals surface area contributed by atoms with E-state index < -0.39 is 73.6 Å². The first-order chi connectivity index (χ1) is 23.8. The first kappa shape index (κ1) is 44.4. The van der Waals surface area contributed by atoms with Gasteiger partial charge in [-0.05, 0) is 66.0 Å². The molecule has 0 fully saturated rings. The molecule has 0 saturated heterocycles. The molecule has 26 heteroatoms. The fourth-order valence-electron chi connectivity index (χ4n) is 3.72. The molecule has 0 saturated carbocycles. The molecule has 0 amide bonds. The summed E-state index contributed by atoms with van der Waals surface area (Å²) >= 11 is 2.83. The van der Waals surface area contributed by atoms with E-state index in [0.717, 1.165) is 21.9 Å². The Labute approximate surface area is 307 Å². The Bertz CT molecular complexity index is 2150. The van der Waals surface area contributed by atoms with Crippen LogP contribution in [0.4, 0.5) is 28.4 Å².